The summed E-state index contributed by atoms with van der Waals surface area (Å²) >= 11 is 0. The number of pyridine rings is 1. The summed E-state index contributed by atoms with van der Waals surface area (Å²) in [6.45, 7) is 3.14. The molecule has 6 heteroatoms. The Hall–Kier alpha value is -1.69. The lowest BCUT2D eigenvalue weighted by molar-refractivity contribution is -0.122. The van der Waals surface area contributed by atoms with Crippen molar-refractivity contribution in [2.75, 3.05) is 31.1 Å². The van der Waals surface area contributed by atoms with Crippen molar-refractivity contribution in [2.24, 2.45) is 5.92 Å². The Balaban J connectivity index is 1.52. The van der Waals surface area contributed by atoms with Gasteiger partial charge in [0, 0.05) is 25.8 Å². The summed E-state index contributed by atoms with van der Waals surface area (Å²) in [5.41, 5.74) is 0. The number of nitrogens with zero attached hydrogens (tertiary/aromatic N) is 2. The highest BCUT2D eigenvalue weighted by atomic mass is 19.1. The van der Waals surface area contributed by atoms with E-state index in [0.717, 1.165) is 45.3 Å². The predicted molar refractivity (Wildman–Crippen MR) is 83.2 cm³/mol. The van der Waals surface area contributed by atoms with Crippen LogP contribution in [0, 0.1) is 11.7 Å². The highest BCUT2D eigenvalue weighted by molar-refractivity contribution is 5.81. The van der Waals surface area contributed by atoms with Crippen LogP contribution in [-0.4, -0.2) is 43.1 Å². The van der Waals surface area contributed by atoms with Crippen LogP contribution in [-0.2, 0) is 4.79 Å². The first-order chi connectivity index (χ1) is 10.7. The number of nitrogens with one attached hydrogen (secondary N) is 2. The van der Waals surface area contributed by atoms with Crippen LogP contribution in [0.4, 0.5) is 10.2 Å². The average Bonchev–Trinajstić information content (AvgIpc) is 3.08. The molecule has 1 aromatic rings. The summed E-state index contributed by atoms with van der Waals surface area (Å²) in [4.78, 5) is 18.2. The van der Waals surface area contributed by atoms with Gasteiger partial charge >= 0.3 is 0 Å². The molecule has 2 atom stereocenters. The lowest BCUT2D eigenvalue weighted by atomic mass is 9.97. The minimum atomic E-state index is -0.276. The van der Waals surface area contributed by atoms with Gasteiger partial charge in [0.25, 0.3) is 0 Å². The summed E-state index contributed by atoms with van der Waals surface area (Å²) in [5, 5.41) is 6.24. The minimum Gasteiger partial charge on any atom is -0.354 e. The third-order valence-corrected chi connectivity index (χ3v) is 4.50. The Kier molecular flexibility index (Phi) is 4.87. The molecular weight excluding hydrogens is 283 g/mol. The van der Waals surface area contributed by atoms with Gasteiger partial charge in [-0.3, -0.25) is 4.79 Å². The van der Waals surface area contributed by atoms with Gasteiger partial charge in [0.15, 0.2) is 11.6 Å². The number of hydrogen-bond acceptors (Lipinski definition) is 4. The van der Waals surface area contributed by atoms with E-state index in [1.165, 1.54) is 6.07 Å². The highest BCUT2D eigenvalue weighted by Gasteiger charge is 2.25. The second kappa shape index (κ2) is 7.05. The smallest absolute Gasteiger partial charge is 0.237 e. The van der Waals surface area contributed by atoms with Gasteiger partial charge < -0.3 is 15.5 Å². The fourth-order valence-electron chi connectivity index (χ4n) is 3.31. The van der Waals surface area contributed by atoms with E-state index in [1.807, 2.05) is 4.90 Å². The molecule has 3 heterocycles. The maximum atomic E-state index is 13.8. The summed E-state index contributed by atoms with van der Waals surface area (Å²) in [6.07, 6.45) is 5.66. The van der Waals surface area contributed by atoms with Crippen LogP contribution >= 0.6 is 0 Å². The fourth-order valence-corrected chi connectivity index (χ4v) is 3.31. The van der Waals surface area contributed by atoms with Crippen molar-refractivity contribution in [1.82, 2.24) is 15.6 Å². The first kappa shape index (κ1) is 15.2. The Labute approximate surface area is 130 Å². The Morgan fingerprint density at radius 3 is 3.14 bits per heavy atom. The first-order valence-corrected chi connectivity index (χ1v) is 8.10. The fraction of sp³-hybridized carbons (Fsp3) is 0.625. The zero-order chi connectivity index (χ0) is 15.4. The van der Waals surface area contributed by atoms with E-state index in [0.29, 0.717) is 18.3 Å². The van der Waals surface area contributed by atoms with Crippen molar-refractivity contribution in [3.05, 3.63) is 24.1 Å². The number of aromatic nitrogens is 1. The van der Waals surface area contributed by atoms with Gasteiger partial charge in [0.2, 0.25) is 5.91 Å². The maximum Gasteiger partial charge on any atom is 0.237 e. The van der Waals surface area contributed by atoms with Crippen molar-refractivity contribution in [3.63, 3.8) is 0 Å². The van der Waals surface area contributed by atoms with E-state index in [4.69, 9.17) is 0 Å². The zero-order valence-corrected chi connectivity index (χ0v) is 12.7. The number of rotatable bonds is 4. The van der Waals surface area contributed by atoms with E-state index >= 15 is 0 Å². The summed E-state index contributed by atoms with van der Waals surface area (Å²) < 4.78 is 13.8. The van der Waals surface area contributed by atoms with Crippen LogP contribution < -0.4 is 15.5 Å². The van der Waals surface area contributed by atoms with Crippen LogP contribution in [0.5, 0.6) is 0 Å². The van der Waals surface area contributed by atoms with E-state index in [-0.39, 0.29) is 17.8 Å². The van der Waals surface area contributed by atoms with E-state index in [2.05, 4.69) is 15.6 Å². The maximum absolute atomic E-state index is 13.8. The molecule has 2 N–H and O–H groups in total. The molecule has 3 rings (SSSR count). The molecule has 0 radical (unpaired) electrons. The number of halogens is 1. The predicted octanol–water partition coefficient (Wildman–Crippen LogP) is 1.31. The van der Waals surface area contributed by atoms with Crippen LogP contribution in [0.3, 0.4) is 0 Å². The highest BCUT2D eigenvalue weighted by Crippen LogP contribution is 2.23. The van der Waals surface area contributed by atoms with E-state index < -0.39 is 0 Å². The molecule has 0 aromatic carbocycles. The lowest BCUT2D eigenvalue weighted by Gasteiger charge is -2.33. The van der Waals surface area contributed by atoms with Crippen molar-refractivity contribution in [1.29, 1.82) is 0 Å². The second-order valence-electron chi connectivity index (χ2n) is 6.16. The molecule has 1 aromatic heterocycles. The summed E-state index contributed by atoms with van der Waals surface area (Å²) in [7, 11) is 0. The third kappa shape index (κ3) is 3.55. The number of amides is 1. The largest absolute Gasteiger partial charge is 0.354 e. The van der Waals surface area contributed by atoms with Gasteiger partial charge in [-0.2, -0.15) is 0 Å². The quantitative estimate of drug-likeness (QED) is 0.880. The molecule has 2 aliphatic heterocycles. The van der Waals surface area contributed by atoms with Gasteiger partial charge in [-0.15, -0.1) is 0 Å². The number of carbonyl (C=O) groups is 1. The van der Waals surface area contributed by atoms with E-state index in [1.54, 1.807) is 12.3 Å². The van der Waals surface area contributed by atoms with Crippen molar-refractivity contribution in [2.45, 2.75) is 31.7 Å². The number of hydrogen-bond donors (Lipinski definition) is 2. The van der Waals surface area contributed by atoms with Gasteiger partial charge in [0.05, 0.1) is 6.04 Å². The summed E-state index contributed by atoms with van der Waals surface area (Å²) in [5.74, 6) is 0.595. The molecule has 0 aliphatic carbocycles. The third-order valence-electron chi connectivity index (χ3n) is 4.50. The second-order valence-corrected chi connectivity index (χ2v) is 6.16. The first-order valence-electron chi connectivity index (χ1n) is 8.10. The van der Waals surface area contributed by atoms with Crippen LogP contribution in [0.15, 0.2) is 18.3 Å². The molecule has 120 valence electrons. The topological polar surface area (TPSA) is 57.3 Å². The number of piperidine rings is 1. The van der Waals surface area contributed by atoms with Crippen molar-refractivity contribution in [3.8, 4) is 0 Å². The standard InChI is InChI=1S/C16H23FN4O/c17-13-5-1-8-19-15(13)21-9-3-4-12(11-21)10-20-16(22)14-6-2-7-18-14/h1,5,8,12,14,18H,2-4,6-7,9-11H2,(H,20,22). The SMILES string of the molecule is O=C(NCC1CCCN(c2ncccc2F)C1)C1CCCN1. The Morgan fingerprint density at radius 1 is 1.45 bits per heavy atom. The van der Waals surface area contributed by atoms with Crippen molar-refractivity contribution < 1.29 is 9.18 Å². The monoisotopic (exact) mass is 306 g/mol. The molecule has 22 heavy (non-hydrogen) atoms. The Morgan fingerprint density at radius 2 is 2.36 bits per heavy atom. The molecule has 2 unspecified atom stereocenters. The molecule has 0 saturated carbocycles. The van der Waals surface area contributed by atoms with Gasteiger partial charge in [0.1, 0.15) is 0 Å². The zero-order valence-electron chi connectivity index (χ0n) is 12.7. The average molecular weight is 306 g/mol. The molecule has 2 saturated heterocycles. The molecular formula is C16H23FN4O. The normalized spacial score (nSPS) is 25.2. The minimum absolute atomic E-state index is 0.0343. The van der Waals surface area contributed by atoms with Gasteiger partial charge in [-0.05, 0) is 50.3 Å². The van der Waals surface area contributed by atoms with Gasteiger partial charge in [-0.1, -0.05) is 0 Å². The van der Waals surface area contributed by atoms with Crippen LogP contribution in [0.25, 0.3) is 0 Å². The molecule has 0 spiro atoms. The molecule has 0 bridgehead atoms. The molecule has 1 amide bonds. The number of anilines is 1. The van der Waals surface area contributed by atoms with Crippen molar-refractivity contribution >= 4 is 11.7 Å². The van der Waals surface area contributed by atoms with Gasteiger partial charge in [-0.25, -0.2) is 9.37 Å². The van der Waals surface area contributed by atoms with Crippen LogP contribution in [0.2, 0.25) is 0 Å². The molecule has 2 fully saturated rings. The molecule has 2 aliphatic rings. The lowest BCUT2D eigenvalue weighted by Crippen LogP contribution is -2.45. The van der Waals surface area contributed by atoms with E-state index in [9.17, 15) is 9.18 Å². The number of carbonyl (C=O) groups excluding carboxylic acids is 1. The van der Waals surface area contributed by atoms with Crippen LogP contribution in [0.1, 0.15) is 25.7 Å². The Bertz CT molecular complexity index is 519. The summed E-state index contributed by atoms with van der Waals surface area (Å²) in [6, 6.07) is 3.02. The molecule has 5 nitrogen and oxygen atoms in total.